The van der Waals surface area contributed by atoms with E-state index in [1.165, 1.54) is 11.8 Å². The number of Topliss-reactive ketones (excluding diaryl/α,β-unsaturated/α-hetero) is 1. The van der Waals surface area contributed by atoms with Gasteiger partial charge in [-0.2, -0.15) is 8.78 Å². The number of fused-ring (bicyclic) bond motifs is 1. The van der Waals surface area contributed by atoms with Gasteiger partial charge in [0.15, 0.2) is 0 Å². The summed E-state index contributed by atoms with van der Waals surface area (Å²) in [4.78, 5) is 26.4. The molecule has 1 aliphatic carbocycles. The zero-order valence-corrected chi connectivity index (χ0v) is 14.1. The summed E-state index contributed by atoms with van der Waals surface area (Å²) in [7, 11) is 1.59. The van der Waals surface area contributed by atoms with Gasteiger partial charge in [-0.25, -0.2) is 0 Å². The van der Waals surface area contributed by atoms with E-state index in [1.807, 2.05) is 0 Å². The second-order valence-corrected chi connectivity index (χ2v) is 7.29. The van der Waals surface area contributed by atoms with E-state index < -0.39 is 29.5 Å². The first-order valence-electron chi connectivity index (χ1n) is 8.57. The maximum atomic E-state index is 14.8. The van der Waals surface area contributed by atoms with Crippen LogP contribution in [0.25, 0.3) is 0 Å². The molecule has 1 saturated carbocycles. The molecule has 0 N–H and O–H groups in total. The predicted molar refractivity (Wildman–Crippen MR) is 88.4 cm³/mol. The van der Waals surface area contributed by atoms with Gasteiger partial charge in [-0.15, -0.1) is 0 Å². The third-order valence-electron chi connectivity index (χ3n) is 5.55. The van der Waals surface area contributed by atoms with Gasteiger partial charge in [0.2, 0.25) is 11.7 Å². The van der Waals surface area contributed by atoms with Crippen LogP contribution < -0.4 is 4.90 Å². The summed E-state index contributed by atoms with van der Waals surface area (Å²) >= 11 is 0. The van der Waals surface area contributed by atoms with Gasteiger partial charge >= 0.3 is 5.92 Å². The minimum absolute atomic E-state index is 0.375. The van der Waals surface area contributed by atoms with Gasteiger partial charge in [0.1, 0.15) is 0 Å². The van der Waals surface area contributed by atoms with Crippen molar-refractivity contribution in [1.82, 2.24) is 0 Å². The Morgan fingerprint density at radius 1 is 1.25 bits per heavy atom. The first kappa shape index (κ1) is 17.1. The Kier molecular flexibility index (Phi) is 4.22. The molecule has 1 atom stereocenters. The molecule has 1 heterocycles. The van der Waals surface area contributed by atoms with Crippen LogP contribution in [0.15, 0.2) is 24.3 Å². The van der Waals surface area contributed by atoms with Crippen LogP contribution in [0.5, 0.6) is 0 Å². The molecule has 1 aliphatic heterocycles. The predicted octanol–water partition coefficient (Wildman–Crippen LogP) is 4.10. The van der Waals surface area contributed by atoms with Crippen molar-refractivity contribution in [2.45, 2.75) is 56.8 Å². The number of amides is 1. The van der Waals surface area contributed by atoms with E-state index in [1.54, 1.807) is 31.3 Å². The quantitative estimate of drug-likeness (QED) is 0.831. The largest absolute Gasteiger partial charge is 0.314 e. The molecule has 0 spiro atoms. The molecule has 5 heteroatoms. The number of hydrogen-bond donors (Lipinski definition) is 0. The molecule has 0 radical (unpaired) electrons. The highest BCUT2D eigenvalue weighted by Crippen LogP contribution is 2.47. The number of carbonyl (C=O) groups excluding carboxylic acids is 2. The Hall–Kier alpha value is -1.78. The highest BCUT2D eigenvalue weighted by Gasteiger charge is 2.55. The Labute approximate surface area is 141 Å². The van der Waals surface area contributed by atoms with Gasteiger partial charge in [-0.1, -0.05) is 37.5 Å². The zero-order chi connectivity index (χ0) is 17.5. The van der Waals surface area contributed by atoms with E-state index in [9.17, 15) is 18.4 Å². The maximum Gasteiger partial charge on any atom is 0.306 e. The summed E-state index contributed by atoms with van der Waals surface area (Å²) in [5.74, 6) is -5.41. The van der Waals surface area contributed by atoms with Crippen LogP contribution in [0.2, 0.25) is 0 Å². The second kappa shape index (κ2) is 5.94. The van der Waals surface area contributed by atoms with Gasteiger partial charge < -0.3 is 4.90 Å². The third-order valence-corrected chi connectivity index (χ3v) is 5.55. The number of likely N-dealkylation sites (N-methyl/N-ethyl adjacent to an activating group) is 1. The van der Waals surface area contributed by atoms with E-state index in [2.05, 4.69) is 0 Å². The van der Waals surface area contributed by atoms with Gasteiger partial charge in [-0.3, -0.25) is 9.59 Å². The van der Waals surface area contributed by atoms with E-state index >= 15 is 0 Å². The number of carbonyl (C=O) groups is 2. The molecule has 1 unspecified atom stereocenters. The van der Waals surface area contributed by atoms with Crippen LogP contribution in [-0.2, 0) is 15.0 Å². The normalized spacial score (nSPS) is 25.0. The fourth-order valence-corrected chi connectivity index (χ4v) is 4.19. The summed E-state index contributed by atoms with van der Waals surface area (Å²) in [6.45, 7) is 1.53. The Morgan fingerprint density at radius 3 is 2.54 bits per heavy atom. The standard InChI is InChI=1S/C19H23F2NO2/c1-18(14-10-6-7-11-15(14)22(2)17(18)24)12-19(20,21)16(23)13-8-4-3-5-9-13/h6-7,10-11,13H,3-5,8-9,12H2,1-2H3. The smallest absolute Gasteiger partial charge is 0.306 e. The fourth-order valence-electron chi connectivity index (χ4n) is 4.19. The van der Waals surface area contributed by atoms with Gasteiger partial charge in [0.25, 0.3) is 0 Å². The van der Waals surface area contributed by atoms with E-state index in [4.69, 9.17) is 0 Å². The molecular weight excluding hydrogens is 312 g/mol. The number of benzene rings is 1. The lowest BCUT2D eigenvalue weighted by atomic mass is 9.75. The van der Waals surface area contributed by atoms with Crippen molar-refractivity contribution in [2.24, 2.45) is 5.92 Å². The lowest BCUT2D eigenvalue weighted by molar-refractivity contribution is -0.152. The third kappa shape index (κ3) is 2.64. The molecule has 0 bridgehead atoms. The number of nitrogens with zero attached hydrogens (tertiary/aromatic N) is 1. The molecule has 0 saturated heterocycles. The average Bonchev–Trinajstić information content (AvgIpc) is 2.77. The van der Waals surface area contributed by atoms with Crippen LogP contribution in [-0.4, -0.2) is 24.7 Å². The summed E-state index contributed by atoms with van der Waals surface area (Å²) in [6, 6.07) is 6.97. The van der Waals surface area contributed by atoms with Gasteiger partial charge in [0, 0.05) is 25.1 Å². The van der Waals surface area contributed by atoms with Crippen molar-refractivity contribution >= 4 is 17.4 Å². The van der Waals surface area contributed by atoms with Crippen molar-refractivity contribution in [3.8, 4) is 0 Å². The highest BCUT2D eigenvalue weighted by molar-refractivity contribution is 6.08. The Balaban J connectivity index is 1.88. The topological polar surface area (TPSA) is 37.4 Å². The second-order valence-electron chi connectivity index (χ2n) is 7.29. The molecule has 3 nitrogen and oxygen atoms in total. The zero-order valence-electron chi connectivity index (χ0n) is 14.1. The van der Waals surface area contributed by atoms with Crippen LogP contribution in [0.1, 0.15) is 51.0 Å². The number of halogens is 2. The number of hydrogen-bond acceptors (Lipinski definition) is 2. The van der Waals surface area contributed by atoms with Gasteiger partial charge in [-0.05, 0) is 31.4 Å². The van der Waals surface area contributed by atoms with Crippen molar-refractivity contribution in [1.29, 1.82) is 0 Å². The number of rotatable bonds is 4. The van der Waals surface area contributed by atoms with Crippen molar-refractivity contribution in [3.63, 3.8) is 0 Å². The molecule has 0 aromatic heterocycles. The summed E-state index contributed by atoms with van der Waals surface area (Å²) < 4.78 is 29.5. The first-order chi connectivity index (χ1) is 11.3. The molecule has 130 valence electrons. The highest BCUT2D eigenvalue weighted by atomic mass is 19.3. The maximum absolute atomic E-state index is 14.8. The van der Waals surface area contributed by atoms with E-state index in [0.29, 0.717) is 24.1 Å². The summed E-state index contributed by atoms with van der Waals surface area (Å²) in [6.07, 6.45) is 2.98. The van der Waals surface area contributed by atoms with Crippen LogP contribution in [0.4, 0.5) is 14.5 Å². The van der Waals surface area contributed by atoms with Crippen molar-refractivity contribution in [2.75, 3.05) is 11.9 Å². The molecule has 24 heavy (non-hydrogen) atoms. The Morgan fingerprint density at radius 2 is 1.88 bits per heavy atom. The van der Waals surface area contributed by atoms with Crippen LogP contribution >= 0.6 is 0 Å². The summed E-state index contributed by atoms with van der Waals surface area (Å²) in [5.41, 5.74) is -0.140. The first-order valence-corrected chi connectivity index (χ1v) is 8.57. The molecule has 2 aliphatic rings. The molecule has 3 rings (SSSR count). The average molecular weight is 335 g/mol. The fraction of sp³-hybridized carbons (Fsp3) is 0.579. The lowest BCUT2D eigenvalue weighted by Gasteiger charge is -2.30. The molecular formula is C19H23F2NO2. The number of alkyl halides is 2. The Bertz CT molecular complexity index is 667. The molecule has 1 fully saturated rings. The minimum atomic E-state index is -3.48. The monoisotopic (exact) mass is 335 g/mol. The number of anilines is 1. The van der Waals surface area contributed by atoms with Crippen LogP contribution in [0.3, 0.4) is 0 Å². The summed E-state index contributed by atoms with van der Waals surface area (Å²) in [5, 5.41) is 0. The van der Waals surface area contributed by atoms with Crippen molar-refractivity contribution in [3.05, 3.63) is 29.8 Å². The van der Waals surface area contributed by atoms with Crippen LogP contribution in [0, 0.1) is 5.92 Å². The molecule has 1 amide bonds. The number of ketones is 1. The lowest BCUT2D eigenvalue weighted by Crippen LogP contribution is -2.45. The molecule has 1 aromatic rings. The van der Waals surface area contributed by atoms with E-state index in [-0.39, 0.29) is 5.91 Å². The van der Waals surface area contributed by atoms with E-state index in [0.717, 1.165) is 19.3 Å². The molecule has 1 aromatic carbocycles. The minimum Gasteiger partial charge on any atom is -0.314 e. The number of para-hydroxylation sites is 1. The SMILES string of the molecule is CN1C(=O)C(C)(CC(F)(F)C(=O)C2CCCCC2)c2ccccc21. The van der Waals surface area contributed by atoms with Crippen molar-refractivity contribution < 1.29 is 18.4 Å². The van der Waals surface area contributed by atoms with Gasteiger partial charge in [0.05, 0.1) is 5.41 Å².